The van der Waals surface area contributed by atoms with E-state index in [1.54, 1.807) is 5.01 Å². The zero-order valence-corrected chi connectivity index (χ0v) is 11.8. The van der Waals surface area contributed by atoms with E-state index in [0.717, 1.165) is 43.2 Å². The molecule has 0 aromatic carbocycles. The number of carbonyl (C=O) groups excluding carboxylic acids is 1. The molecule has 2 heterocycles. The zero-order valence-electron chi connectivity index (χ0n) is 10.1. The molecule has 0 aromatic rings. The number of rotatable bonds is 4. The van der Waals surface area contributed by atoms with E-state index >= 15 is 0 Å². The van der Waals surface area contributed by atoms with E-state index in [2.05, 4.69) is 11.9 Å². The number of allylic oxidation sites excluding steroid dienone is 1. The van der Waals surface area contributed by atoms with E-state index in [0.29, 0.717) is 0 Å². The van der Waals surface area contributed by atoms with Crippen molar-refractivity contribution in [3.63, 3.8) is 0 Å². The summed E-state index contributed by atoms with van der Waals surface area (Å²) in [5, 5.41) is 3.81. The first-order valence-corrected chi connectivity index (χ1v) is 8.15. The third-order valence-electron chi connectivity index (χ3n) is 2.98. The predicted molar refractivity (Wildman–Crippen MR) is 74.5 cm³/mol. The van der Waals surface area contributed by atoms with Crippen LogP contribution in [0.1, 0.15) is 26.2 Å². The molecule has 2 amide bonds. The minimum absolute atomic E-state index is 0.328. The Bertz CT molecular complexity index is 333. The molecule has 0 fully saturated rings. The van der Waals surface area contributed by atoms with Crippen molar-refractivity contribution in [1.82, 2.24) is 10.0 Å². The van der Waals surface area contributed by atoms with Crippen molar-refractivity contribution < 1.29 is 4.79 Å². The monoisotopic (exact) mass is 273 g/mol. The Kier molecular flexibility index (Phi) is 4.50. The summed E-state index contributed by atoms with van der Waals surface area (Å²) >= 11 is 3.82. The van der Waals surface area contributed by atoms with Gasteiger partial charge < -0.3 is 5.73 Å². The maximum atomic E-state index is 11.5. The number of hydrogen-bond donors (Lipinski definition) is 1. The number of nitrogens with two attached hydrogens (primary N) is 1. The van der Waals surface area contributed by atoms with E-state index < -0.39 is 0 Å². The molecule has 2 N–H and O–H groups in total. The van der Waals surface area contributed by atoms with Gasteiger partial charge in [-0.1, -0.05) is 13.3 Å². The van der Waals surface area contributed by atoms with Gasteiger partial charge in [-0.05, 0) is 18.6 Å². The molecule has 2 rings (SSSR count). The van der Waals surface area contributed by atoms with Gasteiger partial charge >= 0.3 is 6.03 Å². The first-order chi connectivity index (χ1) is 8.24. The SMILES string of the molecule is CCCCN(C(N)=O)N1CSC2=C1CCSC2. The van der Waals surface area contributed by atoms with Gasteiger partial charge in [0.1, 0.15) is 0 Å². The Morgan fingerprint density at radius 2 is 2.41 bits per heavy atom. The maximum Gasteiger partial charge on any atom is 0.333 e. The quantitative estimate of drug-likeness (QED) is 0.854. The lowest BCUT2D eigenvalue weighted by atomic mass is 10.3. The average Bonchev–Trinajstić information content (AvgIpc) is 2.73. The van der Waals surface area contributed by atoms with Crippen molar-refractivity contribution in [2.45, 2.75) is 26.2 Å². The van der Waals surface area contributed by atoms with Crippen molar-refractivity contribution in [3.8, 4) is 0 Å². The van der Waals surface area contributed by atoms with Crippen LogP contribution in [0.15, 0.2) is 10.6 Å². The van der Waals surface area contributed by atoms with Gasteiger partial charge in [-0.3, -0.25) is 5.01 Å². The normalized spacial score (nSPS) is 19.5. The molecule has 4 nitrogen and oxygen atoms in total. The molecule has 0 aliphatic carbocycles. The highest BCUT2D eigenvalue weighted by atomic mass is 32.2. The highest BCUT2D eigenvalue weighted by Crippen LogP contribution is 2.40. The number of unbranched alkanes of at least 4 members (excludes halogenated alkanes) is 1. The van der Waals surface area contributed by atoms with Crippen molar-refractivity contribution in [3.05, 3.63) is 10.6 Å². The molecule has 0 bridgehead atoms. The van der Waals surface area contributed by atoms with E-state index in [-0.39, 0.29) is 6.03 Å². The third-order valence-corrected chi connectivity index (χ3v) is 5.25. The van der Waals surface area contributed by atoms with Gasteiger partial charge in [0.25, 0.3) is 0 Å². The Hall–Kier alpha value is -0.490. The second-order valence-corrected chi connectivity index (χ2v) is 6.31. The fraction of sp³-hybridized carbons (Fsp3) is 0.727. The molecule has 0 saturated carbocycles. The summed E-state index contributed by atoms with van der Waals surface area (Å²) in [5.74, 6) is 3.09. The average molecular weight is 273 g/mol. The summed E-state index contributed by atoms with van der Waals surface area (Å²) < 4.78 is 0. The molecule has 0 aromatic heterocycles. The molecule has 96 valence electrons. The number of hydrogen-bond acceptors (Lipinski definition) is 4. The summed E-state index contributed by atoms with van der Waals surface area (Å²) in [4.78, 5) is 13.0. The van der Waals surface area contributed by atoms with Gasteiger partial charge in [-0.25, -0.2) is 9.80 Å². The second-order valence-electron chi connectivity index (χ2n) is 4.16. The van der Waals surface area contributed by atoms with Crippen LogP contribution in [0.25, 0.3) is 0 Å². The van der Waals surface area contributed by atoms with Crippen LogP contribution in [0, 0.1) is 0 Å². The highest BCUT2D eigenvalue weighted by Gasteiger charge is 2.30. The van der Waals surface area contributed by atoms with Crippen LogP contribution in [0.5, 0.6) is 0 Å². The fourth-order valence-electron chi connectivity index (χ4n) is 2.04. The Morgan fingerprint density at radius 1 is 1.59 bits per heavy atom. The van der Waals surface area contributed by atoms with E-state index in [1.165, 1.54) is 10.6 Å². The van der Waals surface area contributed by atoms with Crippen LogP contribution in [0.3, 0.4) is 0 Å². The van der Waals surface area contributed by atoms with Gasteiger partial charge in [0.15, 0.2) is 0 Å². The van der Waals surface area contributed by atoms with E-state index in [1.807, 2.05) is 23.5 Å². The van der Waals surface area contributed by atoms with Crippen LogP contribution < -0.4 is 5.73 Å². The summed E-state index contributed by atoms with van der Waals surface area (Å²) in [6.45, 7) is 2.86. The number of hydrazine groups is 1. The largest absolute Gasteiger partial charge is 0.350 e. The molecule has 0 unspecified atom stereocenters. The minimum Gasteiger partial charge on any atom is -0.350 e. The molecule has 6 heteroatoms. The molecule has 17 heavy (non-hydrogen) atoms. The highest BCUT2D eigenvalue weighted by molar-refractivity contribution is 8.06. The van der Waals surface area contributed by atoms with Crippen molar-refractivity contribution in [1.29, 1.82) is 0 Å². The zero-order chi connectivity index (χ0) is 12.3. The summed E-state index contributed by atoms with van der Waals surface area (Å²) in [6.07, 6.45) is 3.14. The first kappa shape index (κ1) is 13.0. The number of thioether (sulfide) groups is 2. The van der Waals surface area contributed by atoms with Crippen LogP contribution >= 0.6 is 23.5 Å². The van der Waals surface area contributed by atoms with Crippen LogP contribution in [-0.2, 0) is 0 Å². The Labute approximate surface area is 111 Å². The Morgan fingerprint density at radius 3 is 3.12 bits per heavy atom. The lowest BCUT2D eigenvalue weighted by Crippen LogP contribution is -2.48. The topological polar surface area (TPSA) is 49.6 Å². The van der Waals surface area contributed by atoms with Gasteiger partial charge in [0.05, 0.1) is 5.88 Å². The standard InChI is InChI=1S/C11H19N3OS2/c1-2-3-5-13(11(12)15)14-8-17-10-7-16-6-4-9(10)14/h2-8H2,1H3,(H2,12,15). The maximum absolute atomic E-state index is 11.5. The first-order valence-electron chi connectivity index (χ1n) is 6.01. The van der Waals surface area contributed by atoms with Crippen molar-refractivity contribution in [2.24, 2.45) is 5.73 Å². The predicted octanol–water partition coefficient (Wildman–Crippen LogP) is 2.44. The van der Waals surface area contributed by atoms with E-state index in [9.17, 15) is 4.79 Å². The van der Waals surface area contributed by atoms with Gasteiger partial charge in [-0.15, -0.1) is 11.8 Å². The van der Waals surface area contributed by atoms with Crippen LogP contribution in [-0.4, -0.2) is 40.0 Å². The van der Waals surface area contributed by atoms with Crippen LogP contribution in [0.2, 0.25) is 0 Å². The molecule has 0 radical (unpaired) electrons. The molecule has 0 spiro atoms. The molecule has 2 aliphatic heterocycles. The smallest absolute Gasteiger partial charge is 0.333 e. The molecular formula is C11H19N3OS2. The number of amides is 2. The minimum atomic E-state index is -0.328. The van der Waals surface area contributed by atoms with Gasteiger partial charge in [0, 0.05) is 22.9 Å². The lowest BCUT2D eigenvalue weighted by Gasteiger charge is -2.34. The number of carbonyl (C=O) groups is 1. The summed E-state index contributed by atoms with van der Waals surface area (Å²) in [6, 6.07) is -0.328. The summed E-state index contributed by atoms with van der Waals surface area (Å²) in [7, 11) is 0. The van der Waals surface area contributed by atoms with Gasteiger partial charge in [-0.2, -0.15) is 11.8 Å². The number of primary amides is 1. The van der Waals surface area contributed by atoms with E-state index in [4.69, 9.17) is 5.73 Å². The Balaban J connectivity index is 2.08. The van der Waals surface area contributed by atoms with Crippen molar-refractivity contribution >= 4 is 29.6 Å². The molecule has 2 aliphatic rings. The van der Waals surface area contributed by atoms with Crippen LogP contribution in [0.4, 0.5) is 4.79 Å². The lowest BCUT2D eigenvalue weighted by molar-refractivity contribution is 0.0676. The molecular weight excluding hydrogens is 254 g/mol. The second kappa shape index (κ2) is 5.91. The number of nitrogens with zero attached hydrogens (tertiary/aromatic N) is 2. The van der Waals surface area contributed by atoms with Crippen molar-refractivity contribution in [2.75, 3.05) is 23.9 Å². The fourth-order valence-corrected chi connectivity index (χ4v) is 4.41. The van der Waals surface area contributed by atoms with Gasteiger partial charge in [0.2, 0.25) is 0 Å². The molecule has 0 atom stereocenters. The molecule has 0 saturated heterocycles. The number of urea groups is 1. The summed E-state index contributed by atoms with van der Waals surface area (Å²) in [5.41, 5.74) is 6.81. The third kappa shape index (κ3) is 2.85.